The molecule has 0 aliphatic carbocycles. The Morgan fingerprint density at radius 1 is 1.38 bits per heavy atom. The molecule has 0 unspecified atom stereocenters. The van der Waals surface area contributed by atoms with E-state index in [-0.39, 0.29) is 28.6 Å². The highest BCUT2D eigenvalue weighted by Crippen LogP contribution is 2.31. The van der Waals surface area contributed by atoms with Crippen molar-refractivity contribution in [2.45, 2.75) is 19.9 Å². The van der Waals surface area contributed by atoms with E-state index in [0.717, 1.165) is 30.6 Å². The molecular weight excluding hydrogens is 453 g/mol. The average molecular weight is 478 g/mol. The summed E-state index contributed by atoms with van der Waals surface area (Å²) < 4.78 is 14.5. The number of anilines is 2. The number of nitrogens with one attached hydrogen (secondary N) is 2. The third-order valence-corrected chi connectivity index (χ3v) is 6.16. The lowest BCUT2D eigenvalue weighted by molar-refractivity contribution is -0.116. The highest BCUT2D eigenvalue weighted by molar-refractivity contribution is 6.31. The summed E-state index contributed by atoms with van der Waals surface area (Å²) in [6.07, 6.45) is 3.63. The van der Waals surface area contributed by atoms with Gasteiger partial charge in [0.05, 0.1) is 16.2 Å². The number of likely N-dealkylation sites (tertiary alicyclic amines) is 1. The SMILES string of the molecule is C=CC(=O)NCc1cc2c(Nc3cccc(Cl)c3F)ncnc2cc1C#C[C@@]1(C)CCN(C)C1. The van der Waals surface area contributed by atoms with Crippen molar-refractivity contribution in [1.82, 2.24) is 20.2 Å². The zero-order chi connectivity index (χ0) is 24.3. The number of halogens is 2. The van der Waals surface area contributed by atoms with Crippen molar-refractivity contribution in [3.63, 3.8) is 0 Å². The van der Waals surface area contributed by atoms with Crippen LogP contribution in [-0.2, 0) is 11.3 Å². The van der Waals surface area contributed by atoms with Crippen LogP contribution in [0.25, 0.3) is 10.9 Å². The Labute approximate surface area is 203 Å². The fourth-order valence-corrected chi connectivity index (χ4v) is 4.18. The Kier molecular flexibility index (Phi) is 6.82. The minimum Gasteiger partial charge on any atom is -0.348 e. The Hall–Kier alpha value is -3.47. The van der Waals surface area contributed by atoms with E-state index in [1.54, 1.807) is 12.1 Å². The van der Waals surface area contributed by atoms with Crippen molar-refractivity contribution in [3.8, 4) is 11.8 Å². The topological polar surface area (TPSA) is 70.1 Å². The molecule has 8 heteroatoms. The molecule has 1 atom stereocenters. The summed E-state index contributed by atoms with van der Waals surface area (Å²) in [6.45, 7) is 7.82. The van der Waals surface area contributed by atoms with Crippen molar-refractivity contribution in [3.05, 3.63) is 71.3 Å². The summed E-state index contributed by atoms with van der Waals surface area (Å²) in [5.41, 5.74) is 2.32. The third kappa shape index (κ3) is 5.19. The highest BCUT2D eigenvalue weighted by atomic mass is 35.5. The number of hydrogen-bond donors (Lipinski definition) is 2. The first kappa shape index (κ1) is 23.7. The molecule has 2 aromatic carbocycles. The van der Waals surface area contributed by atoms with Crippen LogP contribution in [0.2, 0.25) is 5.02 Å². The number of aromatic nitrogens is 2. The van der Waals surface area contributed by atoms with Gasteiger partial charge in [0.15, 0.2) is 5.82 Å². The van der Waals surface area contributed by atoms with Crippen molar-refractivity contribution < 1.29 is 9.18 Å². The lowest BCUT2D eigenvalue weighted by Gasteiger charge is -2.16. The number of carbonyl (C=O) groups is 1. The molecule has 4 rings (SSSR count). The minimum atomic E-state index is -0.563. The van der Waals surface area contributed by atoms with Gasteiger partial charge < -0.3 is 15.5 Å². The van der Waals surface area contributed by atoms with Gasteiger partial charge in [-0.2, -0.15) is 0 Å². The second-order valence-corrected chi connectivity index (χ2v) is 9.10. The van der Waals surface area contributed by atoms with Crippen LogP contribution in [-0.4, -0.2) is 40.9 Å². The quantitative estimate of drug-likeness (QED) is 0.413. The lowest BCUT2D eigenvalue weighted by Crippen LogP contribution is -2.21. The first-order chi connectivity index (χ1) is 16.3. The van der Waals surface area contributed by atoms with Crippen LogP contribution in [0.5, 0.6) is 0 Å². The standard InChI is InChI=1S/C26H25ClFN5O/c1-4-23(34)29-14-18-12-19-22(13-17(18)8-9-26(2)10-11-33(3)15-26)30-16-31-25(19)32-21-7-5-6-20(27)24(21)28/h4-7,12-13,16H,1,10-11,14-15H2,2-3H3,(H,29,34)(H,30,31,32)/t26-/m0/s1. The largest absolute Gasteiger partial charge is 0.348 e. The molecule has 0 radical (unpaired) electrons. The first-order valence-electron chi connectivity index (χ1n) is 10.9. The van der Waals surface area contributed by atoms with Crippen LogP contribution in [0.1, 0.15) is 24.5 Å². The molecule has 1 aliphatic rings. The van der Waals surface area contributed by atoms with Crippen molar-refractivity contribution in [2.75, 3.05) is 25.5 Å². The summed E-state index contributed by atoms with van der Waals surface area (Å²) in [5.74, 6) is 6.33. The Bertz CT molecular complexity index is 1330. The molecule has 1 aromatic heterocycles. The van der Waals surface area contributed by atoms with Gasteiger partial charge in [-0.3, -0.25) is 4.79 Å². The van der Waals surface area contributed by atoms with Crippen LogP contribution < -0.4 is 10.6 Å². The molecule has 1 aliphatic heterocycles. The van der Waals surface area contributed by atoms with Gasteiger partial charge >= 0.3 is 0 Å². The molecule has 0 bridgehead atoms. The maximum absolute atomic E-state index is 14.5. The molecule has 2 N–H and O–H groups in total. The predicted octanol–water partition coefficient (Wildman–Crippen LogP) is 4.66. The Balaban J connectivity index is 1.77. The van der Waals surface area contributed by atoms with Gasteiger partial charge in [-0.15, -0.1) is 0 Å². The number of fused-ring (bicyclic) bond motifs is 1. The van der Waals surface area contributed by atoms with E-state index in [1.807, 2.05) is 12.1 Å². The van der Waals surface area contributed by atoms with E-state index in [0.29, 0.717) is 16.7 Å². The number of hydrogen-bond acceptors (Lipinski definition) is 5. The second-order valence-electron chi connectivity index (χ2n) is 8.70. The van der Waals surface area contributed by atoms with Crippen LogP contribution >= 0.6 is 11.6 Å². The zero-order valence-electron chi connectivity index (χ0n) is 19.1. The van der Waals surface area contributed by atoms with E-state index in [1.165, 1.54) is 18.5 Å². The van der Waals surface area contributed by atoms with E-state index < -0.39 is 5.82 Å². The van der Waals surface area contributed by atoms with Crippen LogP contribution in [0.15, 0.2) is 49.3 Å². The summed E-state index contributed by atoms with van der Waals surface area (Å²) in [6, 6.07) is 8.47. The Morgan fingerprint density at radius 2 is 2.21 bits per heavy atom. The molecule has 6 nitrogen and oxygen atoms in total. The number of benzene rings is 2. The molecule has 0 spiro atoms. The molecule has 1 fully saturated rings. The molecule has 0 saturated carbocycles. The third-order valence-electron chi connectivity index (χ3n) is 5.87. The summed E-state index contributed by atoms with van der Waals surface area (Å²) in [7, 11) is 2.09. The van der Waals surface area contributed by atoms with Crippen molar-refractivity contribution in [2.24, 2.45) is 5.41 Å². The average Bonchev–Trinajstić information content (AvgIpc) is 3.17. The molecule has 3 aromatic rings. The summed E-state index contributed by atoms with van der Waals surface area (Å²) in [4.78, 5) is 22.8. The maximum atomic E-state index is 14.5. The number of nitrogens with zero attached hydrogens (tertiary/aromatic N) is 3. The normalized spacial score (nSPS) is 17.8. The van der Waals surface area contributed by atoms with Crippen molar-refractivity contribution in [1.29, 1.82) is 0 Å². The summed E-state index contributed by atoms with van der Waals surface area (Å²) in [5, 5.41) is 6.51. The Morgan fingerprint density at radius 3 is 2.94 bits per heavy atom. The number of rotatable bonds is 5. The van der Waals surface area contributed by atoms with Gasteiger partial charge in [-0.05, 0) is 62.8 Å². The predicted molar refractivity (Wildman–Crippen MR) is 133 cm³/mol. The highest BCUT2D eigenvalue weighted by Gasteiger charge is 2.30. The molecular formula is C26H25ClFN5O. The van der Waals surface area contributed by atoms with Crippen LogP contribution in [0, 0.1) is 23.1 Å². The van der Waals surface area contributed by atoms with E-state index in [4.69, 9.17) is 11.6 Å². The lowest BCUT2D eigenvalue weighted by atomic mass is 9.90. The van der Waals surface area contributed by atoms with Gasteiger partial charge in [0.1, 0.15) is 12.1 Å². The molecule has 1 amide bonds. The fraction of sp³-hybridized carbons (Fsp3) is 0.269. The minimum absolute atomic E-state index is 0.0137. The van der Waals surface area contributed by atoms with Crippen LogP contribution in [0.4, 0.5) is 15.9 Å². The molecule has 1 saturated heterocycles. The van der Waals surface area contributed by atoms with Gasteiger partial charge in [-0.1, -0.05) is 36.1 Å². The van der Waals surface area contributed by atoms with E-state index in [2.05, 4.69) is 57.9 Å². The van der Waals surface area contributed by atoms with Crippen LogP contribution in [0.3, 0.4) is 0 Å². The molecule has 174 valence electrons. The molecule has 2 heterocycles. The fourth-order valence-electron chi connectivity index (χ4n) is 4.00. The first-order valence-corrected chi connectivity index (χ1v) is 11.3. The van der Waals surface area contributed by atoms with Gasteiger partial charge in [-0.25, -0.2) is 14.4 Å². The van der Waals surface area contributed by atoms with Gasteiger partial charge in [0.2, 0.25) is 5.91 Å². The smallest absolute Gasteiger partial charge is 0.243 e. The second kappa shape index (κ2) is 9.80. The summed E-state index contributed by atoms with van der Waals surface area (Å²) >= 11 is 5.92. The molecule has 34 heavy (non-hydrogen) atoms. The van der Waals surface area contributed by atoms with Gasteiger partial charge in [0, 0.05) is 29.5 Å². The maximum Gasteiger partial charge on any atom is 0.243 e. The monoisotopic (exact) mass is 477 g/mol. The number of carbonyl (C=O) groups excluding carboxylic acids is 1. The number of amides is 1. The van der Waals surface area contributed by atoms with E-state index >= 15 is 0 Å². The van der Waals surface area contributed by atoms with Crippen molar-refractivity contribution >= 4 is 39.9 Å². The van der Waals surface area contributed by atoms with E-state index in [9.17, 15) is 9.18 Å². The van der Waals surface area contributed by atoms with Gasteiger partial charge in [0.25, 0.3) is 0 Å². The zero-order valence-corrected chi connectivity index (χ0v) is 19.8.